The number of thiazole rings is 1. The standard InChI is InChI=1S/C29H33N3O2S2/c1-7-34-28(33)25-22-11-10-21(29(4,5)6)13-24(22)36-27(25)31-15-20(14-30)26-32-23(16-35-26)19-9-8-17(2)18(3)12-19/h8-9,12,15-16,21,31H,7,10-11,13H2,1-6H3/b20-15+/t21-/m0/s1. The molecule has 36 heavy (non-hydrogen) atoms. The number of rotatable bonds is 6. The van der Waals surface area contributed by atoms with Gasteiger partial charge in [-0.1, -0.05) is 32.9 Å². The van der Waals surface area contributed by atoms with Gasteiger partial charge in [0.1, 0.15) is 21.7 Å². The number of aryl methyl sites for hydroxylation is 2. The van der Waals surface area contributed by atoms with E-state index in [4.69, 9.17) is 9.72 Å². The highest BCUT2D eigenvalue weighted by Gasteiger charge is 2.34. The van der Waals surface area contributed by atoms with Gasteiger partial charge in [0.2, 0.25) is 0 Å². The molecule has 1 N–H and O–H groups in total. The molecule has 1 atom stereocenters. The monoisotopic (exact) mass is 519 g/mol. The first-order valence-corrected chi connectivity index (χ1v) is 14.0. The number of benzene rings is 1. The zero-order valence-electron chi connectivity index (χ0n) is 21.8. The van der Waals surface area contributed by atoms with Gasteiger partial charge in [0.05, 0.1) is 17.9 Å². The van der Waals surface area contributed by atoms with Gasteiger partial charge in [-0.05, 0) is 74.1 Å². The molecule has 1 aromatic carbocycles. The van der Waals surface area contributed by atoms with E-state index in [0.717, 1.165) is 41.1 Å². The Balaban J connectivity index is 1.64. The van der Waals surface area contributed by atoms with Crippen molar-refractivity contribution >= 4 is 39.2 Å². The molecule has 0 saturated carbocycles. The second-order valence-corrected chi connectivity index (χ2v) is 12.3. The number of fused-ring (bicyclic) bond motifs is 1. The number of nitrogens with zero attached hydrogens (tertiary/aromatic N) is 2. The minimum absolute atomic E-state index is 0.214. The molecule has 0 aliphatic heterocycles. The quantitative estimate of drug-likeness (QED) is 0.266. The molecule has 2 aromatic heterocycles. The molecule has 0 amide bonds. The van der Waals surface area contributed by atoms with Crippen LogP contribution in [-0.4, -0.2) is 17.6 Å². The SMILES string of the molecule is CCOC(=O)c1c(N/C=C(\C#N)c2nc(-c3ccc(C)c(C)c3)cs2)sc2c1CC[C@H](C(C)(C)C)C2. The summed E-state index contributed by atoms with van der Waals surface area (Å²) in [5.41, 5.74) is 6.70. The van der Waals surface area contributed by atoms with Crippen LogP contribution in [0.1, 0.15) is 71.0 Å². The van der Waals surface area contributed by atoms with Gasteiger partial charge >= 0.3 is 5.97 Å². The summed E-state index contributed by atoms with van der Waals surface area (Å²) in [6, 6.07) is 8.54. The zero-order valence-corrected chi connectivity index (χ0v) is 23.5. The predicted molar refractivity (Wildman–Crippen MR) is 149 cm³/mol. The third-order valence-corrected chi connectivity index (χ3v) is 9.04. The Morgan fingerprint density at radius 2 is 2.08 bits per heavy atom. The number of esters is 1. The highest BCUT2D eigenvalue weighted by atomic mass is 32.1. The lowest BCUT2D eigenvalue weighted by Gasteiger charge is -2.33. The second kappa shape index (κ2) is 10.6. The Kier molecular flexibility index (Phi) is 7.67. The van der Waals surface area contributed by atoms with E-state index < -0.39 is 0 Å². The van der Waals surface area contributed by atoms with Gasteiger partial charge in [-0.15, -0.1) is 22.7 Å². The van der Waals surface area contributed by atoms with Crippen molar-refractivity contribution in [1.29, 1.82) is 5.26 Å². The number of carbonyl (C=O) groups excluding carboxylic acids is 1. The Hall–Kier alpha value is -2.95. The second-order valence-electron chi connectivity index (χ2n) is 10.4. The Labute approximate surface area is 221 Å². The summed E-state index contributed by atoms with van der Waals surface area (Å²) in [6.45, 7) is 13.2. The van der Waals surface area contributed by atoms with Crippen LogP contribution in [-0.2, 0) is 17.6 Å². The molecular formula is C29H33N3O2S2. The minimum Gasteiger partial charge on any atom is -0.462 e. The third kappa shape index (κ3) is 5.40. The summed E-state index contributed by atoms with van der Waals surface area (Å²) in [7, 11) is 0. The number of thiophene rings is 1. The van der Waals surface area contributed by atoms with Crippen LogP contribution in [0.25, 0.3) is 16.8 Å². The fourth-order valence-electron chi connectivity index (χ4n) is 4.56. The molecular weight excluding hydrogens is 486 g/mol. The van der Waals surface area contributed by atoms with Crippen LogP contribution in [0, 0.1) is 36.5 Å². The topological polar surface area (TPSA) is 75.0 Å². The Morgan fingerprint density at radius 3 is 2.75 bits per heavy atom. The first kappa shape index (κ1) is 26.1. The van der Waals surface area contributed by atoms with E-state index in [2.05, 4.69) is 64.2 Å². The summed E-state index contributed by atoms with van der Waals surface area (Å²) in [4.78, 5) is 18.9. The highest BCUT2D eigenvalue weighted by molar-refractivity contribution is 7.16. The van der Waals surface area contributed by atoms with Crippen LogP contribution in [0.15, 0.2) is 29.8 Å². The van der Waals surface area contributed by atoms with E-state index >= 15 is 0 Å². The molecule has 188 valence electrons. The normalized spacial score (nSPS) is 15.8. The summed E-state index contributed by atoms with van der Waals surface area (Å²) in [5, 5.41) is 16.5. The molecule has 5 nitrogen and oxygen atoms in total. The average Bonchev–Trinajstić information content (AvgIpc) is 3.45. The van der Waals surface area contributed by atoms with Crippen molar-refractivity contribution in [3.63, 3.8) is 0 Å². The lowest BCUT2D eigenvalue weighted by molar-refractivity contribution is 0.0526. The third-order valence-electron chi connectivity index (χ3n) is 6.97. The van der Waals surface area contributed by atoms with Gasteiger partial charge in [-0.3, -0.25) is 0 Å². The molecule has 1 aliphatic rings. The molecule has 0 saturated heterocycles. The number of anilines is 1. The van der Waals surface area contributed by atoms with Crippen molar-refractivity contribution in [2.45, 2.75) is 60.8 Å². The van der Waals surface area contributed by atoms with Crippen molar-refractivity contribution in [3.8, 4) is 17.3 Å². The van der Waals surface area contributed by atoms with E-state index in [0.29, 0.717) is 28.7 Å². The molecule has 7 heteroatoms. The van der Waals surface area contributed by atoms with Gasteiger partial charge in [0.25, 0.3) is 0 Å². The molecule has 0 fully saturated rings. The van der Waals surface area contributed by atoms with Crippen LogP contribution >= 0.6 is 22.7 Å². The number of nitriles is 1. The summed E-state index contributed by atoms with van der Waals surface area (Å²) < 4.78 is 5.41. The van der Waals surface area contributed by atoms with E-state index in [1.54, 1.807) is 17.5 Å². The largest absolute Gasteiger partial charge is 0.462 e. The zero-order chi connectivity index (χ0) is 26.0. The molecule has 3 aromatic rings. The first-order chi connectivity index (χ1) is 17.1. The van der Waals surface area contributed by atoms with Crippen molar-refractivity contribution < 1.29 is 9.53 Å². The molecule has 0 bridgehead atoms. The molecule has 0 unspecified atom stereocenters. The summed E-state index contributed by atoms with van der Waals surface area (Å²) in [6.07, 6.45) is 4.55. The fourth-order valence-corrected chi connectivity index (χ4v) is 6.64. The van der Waals surface area contributed by atoms with Gasteiger partial charge in [0, 0.05) is 22.0 Å². The fraction of sp³-hybridized carbons (Fsp3) is 0.414. The predicted octanol–water partition coefficient (Wildman–Crippen LogP) is 7.79. The van der Waals surface area contributed by atoms with Gasteiger partial charge in [-0.2, -0.15) is 5.26 Å². The maximum atomic E-state index is 12.9. The molecule has 1 aliphatic carbocycles. The molecule has 2 heterocycles. The van der Waals surface area contributed by atoms with Crippen LogP contribution < -0.4 is 5.32 Å². The number of nitrogens with one attached hydrogen (secondary N) is 1. The first-order valence-electron chi connectivity index (χ1n) is 12.3. The van der Waals surface area contributed by atoms with Crippen molar-refractivity contribution in [2.24, 2.45) is 11.3 Å². The van der Waals surface area contributed by atoms with E-state index in [1.165, 1.54) is 27.3 Å². The van der Waals surface area contributed by atoms with Crippen LogP contribution in [0.4, 0.5) is 5.00 Å². The number of hydrogen-bond donors (Lipinski definition) is 1. The summed E-state index contributed by atoms with van der Waals surface area (Å²) in [5.74, 6) is 0.265. The smallest absolute Gasteiger partial charge is 0.341 e. The molecule has 4 rings (SSSR count). The number of carbonyl (C=O) groups is 1. The van der Waals surface area contributed by atoms with Crippen LogP contribution in [0.3, 0.4) is 0 Å². The highest BCUT2D eigenvalue weighted by Crippen LogP contribution is 2.44. The maximum absolute atomic E-state index is 12.9. The van der Waals surface area contributed by atoms with Crippen molar-refractivity contribution in [3.05, 3.63) is 61.9 Å². The van der Waals surface area contributed by atoms with E-state index in [-0.39, 0.29) is 11.4 Å². The Morgan fingerprint density at radius 1 is 1.31 bits per heavy atom. The minimum atomic E-state index is -0.301. The lowest BCUT2D eigenvalue weighted by atomic mass is 9.72. The van der Waals surface area contributed by atoms with E-state index in [9.17, 15) is 10.1 Å². The van der Waals surface area contributed by atoms with Crippen LogP contribution in [0.2, 0.25) is 0 Å². The van der Waals surface area contributed by atoms with Gasteiger partial charge in [0.15, 0.2) is 0 Å². The maximum Gasteiger partial charge on any atom is 0.341 e. The summed E-state index contributed by atoms with van der Waals surface area (Å²) >= 11 is 3.05. The molecule has 0 spiro atoms. The average molecular weight is 520 g/mol. The van der Waals surface area contributed by atoms with Crippen LogP contribution in [0.5, 0.6) is 0 Å². The van der Waals surface area contributed by atoms with Gasteiger partial charge in [-0.25, -0.2) is 9.78 Å². The number of allylic oxidation sites excluding steroid dienone is 1. The van der Waals surface area contributed by atoms with Crippen molar-refractivity contribution in [2.75, 3.05) is 11.9 Å². The van der Waals surface area contributed by atoms with E-state index in [1.807, 2.05) is 12.3 Å². The van der Waals surface area contributed by atoms with Crippen molar-refractivity contribution in [1.82, 2.24) is 4.98 Å². The van der Waals surface area contributed by atoms with Gasteiger partial charge < -0.3 is 10.1 Å². The number of hydrogen-bond acceptors (Lipinski definition) is 7. The number of ether oxygens (including phenoxy) is 1. The number of aromatic nitrogens is 1. The lowest BCUT2D eigenvalue weighted by Crippen LogP contribution is -2.26. The Bertz CT molecular complexity index is 1350. The molecule has 0 radical (unpaired) electrons.